The van der Waals surface area contributed by atoms with Crippen LogP contribution in [-0.4, -0.2) is 50.1 Å². The number of nitrogens with one attached hydrogen (secondary N) is 2. The number of nitrogens with zero attached hydrogens (tertiary/aromatic N) is 1. The lowest BCUT2D eigenvalue weighted by molar-refractivity contribution is -0.126. The molecule has 0 saturated carbocycles. The minimum atomic E-state index is -0.135. The van der Waals surface area contributed by atoms with Crippen LogP contribution in [-0.2, 0) is 4.79 Å². The summed E-state index contributed by atoms with van der Waals surface area (Å²) in [6.07, 6.45) is 0. The molecule has 1 aliphatic rings. The summed E-state index contributed by atoms with van der Waals surface area (Å²) in [6.45, 7) is 6.59. The van der Waals surface area contributed by atoms with Gasteiger partial charge in [0.05, 0.1) is 0 Å². The van der Waals surface area contributed by atoms with E-state index in [1.165, 1.54) is 0 Å². The molecule has 0 bridgehead atoms. The standard InChI is InChI=1S/C9H16ClN3O/c1-7(10)6-13-4-3-12-5-8(13)9(14)11-2/h8,12H,1,3-6H2,2H3,(H,11,14). The Morgan fingerprint density at radius 2 is 2.50 bits per heavy atom. The monoisotopic (exact) mass is 217 g/mol. The second kappa shape index (κ2) is 5.34. The SMILES string of the molecule is C=C(Cl)CN1CCNCC1C(=O)NC. The molecular formula is C9H16ClN3O. The van der Waals surface area contributed by atoms with E-state index in [2.05, 4.69) is 17.2 Å². The van der Waals surface area contributed by atoms with Crippen LogP contribution >= 0.6 is 11.6 Å². The molecule has 14 heavy (non-hydrogen) atoms. The Hall–Kier alpha value is -0.580. The van der Waals surface area contributed by atoms with Gasteiger partial charge in [0, 0.05) is 38.3 Å². The van der Waals surface area contributed by atoms with Crippen molar-refractivity contribution in [1.82, 2.24) is 15.5 Å². The normalized spacial score (nSPS) is 23.1. The summed E-state index contributed by atoms with van der Waals surface area (Å²) in [6, 6.07) is -0.135. The van der Waals surface area contributed by atoms with Gasteiger partial charge in [0.2, 0.25) is 5.91 Å². The number of rotatable bonds is 3. The van der Waals surface area contributed by atoms with Gasteiger partial charge in [-0.2, -0.15) is 0 Å². The van der Waals surface area contributed by atoms with Crippen molar-refractivity contribution in [3.8, 4) is 0 Å². The summed E-state index contributed by atoms with van der Waals surface area (Å²) < 4.78 is 0. The fourth-order valence-corrected chi connectivity index (χ4v) is 1.73. The molecule has 1 unspecified atom stereocenters. The van der Waals surface area contributed by atoms with Crippen LogP contribution in [0.3, 0.4) is 0 Å². The van der Waals surface area contributed by atoms with Gasteiger partial charge in [-0.05, 0) is 0 Å². The Morgan fingerprint density at radius 3 is 3.07 bits per heavy atom. The molecule has 5 heteroatoms. The van der Waals surface area contributed by atoms with Crippen LogP contribution in [0.1, 0.15) is 0 Å². The molecule has 0 aromatic rings. The predicted molar refractivity (Wildman–Crippen MR) is 57.3 cm³/mol. The highest BCUT2D eigenvalue weighted by Gasteiger charge is 2.27. The van der Waals surface area contributed by atoms with Gasteiger partial charge in [0.1, 0.15) is 6.04 Å². The number of hydrogen-bond donors (Lipinski definition) is 2. The molecule has 1 amide bonds. The summed E-state index contributed by atoms with van der Waals surface area (Å²) >= 11 is 5.74. The molecule has 1 aliphatic heterocycles. The van der Waals surface area contributed by atoms with Gasteiger partial charge < -0.3 is 10.6 Å². The van der Waals surface area contributed by atoms with Gasteiger partial charge in [-0.1, -0.05) is 18.2 Å². The van der Waals surface area contributed by atoms with Gasteiger partial charge in [-0.25, -0.2) is 0 Å². The van der Waals surface area contributed by atoms with Crippen LogP contribution in [0, 0.1) is 0 Å². The van der Waals surface area contributed by atoms with E-state index in [0.717, 1.165) is 13.1 Å². The molecule has 1 heterocycles. The van der Waals surface area contributed by atoms with Crippen molar-refractivity contribution < 1.29 is 4.79 Å². The van der Waals surface area contributed by atoms with E-state index in [4.69, 9.17) is 11.6 Å². The van der Waals surface area contributed by atoms with Crippen LogP contribution in [0.2, 0.25) is 0 Å². The number of halogens is 1. The molecule has 1 atom stereocenters. The summed E-state index contributed by atoms with van der Waals surface area (Å²) in [5.41, 5.74) is 0. The predicted octanol–water partition coefficient (Wildman–Crippen LogP) is -0.241. The molecule has 0 radical (unpaired) electrons. The molecule has 1 fully saturated rings. The van der Waals surface area contributed by atoms with Crippen LogP contribution in [0.25, 0.3) is 0 Å². The van der Waals surface area contributed by atoms with Gasteiger partial charge in [-0.15, -0.1) is 0 Å². The number of carbonyl (C=O) groups is 1. The number of piperazine rings is 1. The lowest BCUT2D eigenvalue weighted by Crippen LogP contribution is -2.57. The maximum Gasteiger partial charge on any atom is 0.238 e. The topological polar surface area (TPSA) is 44.4 Å². The van der Waals surface area contributed by atoms with E-state index in [1.54, 1.807) is 7.05 Å². The van der Waals surface area contributed by atoms with E-state index >= 15 is 0 Å². The average Bonchev–Trinajstić information content (AvgIpc) is 2.16. The van der Waals surface area contributed by atoms with E-state index in [9.17, 15) is 4.79 Å². The molecule has 80 valence electrons. The van der Waals surface area contributed by atoms with Crippen molar-refractivity contribution in [3.05, 3.63) is 11.6 Å². The second-order valence-electron chi connectivity index (χ2n) is 3.32. The van der Waals surface area contributed by atoms with Crippen LogP contribution < -0.4 is 10.6 Å². The molecule has 2 N–H and O–H groups in total. The van der Waals surface area contributed by atoms with E-state index in [0.29, 0.717) is 18.1 Å². The largest absolute Gasteiger partial charge is 0.358 e. The molecule has 1 saturated heterocycles. The van der Waals surface area contributed by atoms with Crippen molar-refractivity contribution in [2.24, 2.45) is 0 Å². The molecule has 0 aromatic carbocycles. The van der Waals surface area contributed by atoms with Crippen molar-refractivity contribution in [1.29, 1.82) is 0 Å². The summed E-state index contributed by atoms with van der Waals surface area (Å²) in [4.78, 5) is 13.5. The zero-order valence-corrected chi connectivity index (χ0v) is 9.10. The number of likely N-dealkylation sites (N-methyl/N-ethyl adjacent to an activating group) is 1. The van der Waals surface area contributed by atoms with Crippen LogP contribution in [0.4, 0.5) is 0 Å². The minimum absolute atomic E-state index is 0.0233. The lowest BCUT2D eigenvalue weighted by Gasteiger charge is -2.34. The first-order valence-corrected chi connectivity index (χ1v) is 5.02. The highest BCUT2D eigenvalue weighted by atomic mass is 35.5. The summed E-state index contributed by atoms with van der Waals surface area (Å²) in [5, 5.41) is 6.39. The first-order valence-electron chi connectivity index (χ1n) is 4.64. The van der Waals surface area contributed by atoms with Gasteiger partial charge in [0.25, 0.3) is 0 Å². The molecule has 0 spiro atoms. The fourth-order valence-electron chi connectivity index (χ4n) is 1.58. The summed E-state index contributed by atoms with van der Waals surface area (Å²) in [7, 11) is 1.64. The Morgan fingerprint density at radius 1 is 1.79 bits per heavy atom. The summed E-state index contributed by atoms with van der Waals surface area (Å²) in [5.74, 6) is 0.0233. The zero-order chi connectivity index (χ0) is 10.6. The third-order valence-electron chi connectivity index (χ3n) is 2.28. The van der Waals surface area contributed by atoms with Gasteiger partial charge in [0.15, 0.2) is 0 Å². The van der Waals surface area contributed by atoms with Crippen LogP contribution in [0.5, 0.6) is 0 Å². The first kappa shape index (κ1) is 11.5. The van der Waals surface area contributed by atoms with Crippen molar-refractivity contribution >= 4 is 17.5 Å². The third kappa shape index (κ3) is 2.97. The Labute approximate surface area is 89.3 Å². The highest BCUT2D eigenvalue weighted by molar-refractivity contribution is 6.29. The molecule has 0 aromatic heterocycles. The lowest BCUT2D eigenvalue weighted by atomic mass is 10.2. The number of hydrogen-bond acceptors (Lipinski definition) is 3. The Kier molecular flexibility index (Phi) is 4.38. The third-order valence-corrected chi connectivity index (χ3v) is 2.40. The molecule has 4 nitrogen and oxygen atoms in total. The first-order chi connectivity index (χ1) is 6.65. The van der Waals surface area contributed by atoms with E-state index in [1.807, 2.05) is 4.90 Å². The van der Waals surface area contributed by atoms with Crippen molar-refractivity contribution in [2.45, 2.75) is 6.04 Å². The van der Waals surface area contributed by atoms with Gasteiger partial charge in [-0.3, -0.25) is 9.69 Å². The zero-order valence-electron chi connectivity index (χ0n) is 8.35. The highest BCUT2D eigenvalue weighted by Crippen LogP contribution is 2.08. The quantitative estimate of drug-likeness (QED) is 0.686. The molecule has 0 aliphatic carbocycles. The maximum atomic E-state index is 11.5. The van der Waals surface area contributed by atoms with E-state index in [-0.39, 0.29) is 11.9 Å². The van der Waals surface area contributed by atoms with E-state index < -0.39 is 0 Å². The molecular weight excluding hydrogens is 202 g/mol. The minimum Gasteiger partial charge on any atom is -0.358 e. The Bertz CT molecular complexity index is 232. The average molecular weight is 218 g/mol. The van der Waals surface area contributed by atoms with Crippen molar-refractivity contribution in [2.75, 3.05) is 33.2 Å². The second-order valence-corrected chi connectivity index (χ2v) is 3.86. The number of carbonyl (C=O) groups excluding carboxylic acids is 1. The van der Waals surface area contributed by atoms with Gasteiger partial charge >= 0.3 is 0 Å². The van der Waals surface area contributed by atoms with Crippen LogP contribution in [0.15, 0.2) is 11.6 Å². The number of amides is 1. The smallest absolute Gasteiger partial charge is 0.238 e. The maximum absolute atomic E-state index is 11.5. The fraction of sp³-hybridized carbons (Fsp3) is 0.667. The van der Waals surface area contributed by atoms with Crippen molar-refractivity contribution in [3.63, 3.8) is 0 Å². The Balaban J connectivity index is 2.58. The molecule has 1 rings (SSSR count).